The Morgan fingerprint density at radius 1 is 1.50 bits per heavy atom. The number of aromatic nitrogens is 2. The maximum atomic E-state index is 11.0. The molecule has 0 fully saturated rings. The van der Waals surface area contributed by atoms with Crippen LogP contribution in [0.5, 0.6) is 0 Å². The number of nitrogens with one attached hydrogen (secondary N) is 2. The molecule has 3 N–H and O–H groups in total. The Morgan fingerprint density at radius 2 is 2.17 bits per heavy atom. The zero-order valence-electron chi connectivity index (χ0n) is 10.6. The van der Waals surface area contributed by atoms with Gasteiger partial charge in [0.15, 0.2) is 0 Å². The first kappa shape index (κ1) is 14.1. The molecule has 8 heteroatoms. The van der Waals surface area contributed by atoms with Gasteiger partial charge in [0.25, 0.3) is 0 Å². The predicted octanol–water partition coefficient (Wildman–Crippen LogP) is 0.918. The van der Waals surface area contributed by atoms with Crippen molar-refractivity contribution in [3.8, 4) is 0 Å². The summed E-state index contributed by atoms with van der Waals surface area (Å²) in [6, 6.07) is 0. The number of rotatable bonds is 6. The molecule has 0 bridgehead atoms. The number of nitro groups is 1. The molecule has 1 aromatic rings. The van der Waals surface area contributed by atoms with Crippen molar-refractivity contribution < 1.29 is 10.0 Å². The van der Waals surface area contributed by atoms with Crippen LogP contribution in [0.2, 0.25) is 0 Å². The van der Waals surface area contributed by atoms with E-state index < -0.39 is 11.0 Å². The van der Waals surface area contributed by atoms with E-state index >= 15 is 0 Å². The number of aliphatic hydroxyl groups is 1. The second kappa shape index (κ2) is 6.10. The lowest BCUT2D eigenvalue weighted by Crippen LogP contribution is -2.20. The fraction of sp³-hybridized carbons (Fsp3) is 0.600. The summed E-state index contributed by atoms with van der Waals surface area (Å²) in [5.41, 5.74) is 0.102. The van der Waals surface area contributed by atoms with Crippen molar-refractivity contribution in [3.05, 3.63) is 15.8 Å². The van der Waals surface area contributed by atoms with Gasteiger partial charge in [0.05, 0.1) is 11.0 Å². The molecule has 0 saturated heterocycles. The summed E-state index contributed by atoms with van der Waals surface area (Å²) < 4.78 is 0. The molecule has 8 nitrogen and oxygen atoms in total. The van der Waals surface area contributed by atoms with Crippen molar-refractivity contribution in [1.82, 2.24) is 9.97 Å². The van der Waals surface area contributed by atoms with Gasteiger partial charge in [-0.05, 0) is 13.3 Å². The van der Waals surface area contributed by atoms with Crippen molar-refractivity contribution in [1.29, 1.82) is 0 Å². The lowest BCUT2D eigenvalue weighted by atomic mass is 10.2. The van der Waals surface area contributed by atoms with Crippen molar-refractivity contribution in [2.24, 2.45) is 0 Å². The number of aryl methyl sites for hydroxylation is 1. The highest BCUT2D eigenvalue weighted by Crippen LogP contribution is 2.26. The third-order valence-corrected chi connectivity index (χ3v) is 2.44. The Morgan fingerprint density at radius 3 is 2.67 bits per heavy atom. The first-order valence-corrected chi connectivity index (χ1v) is 5.62. The lowest BCUT2D eigenvalue weighted by molar-refractivity contribution is -0.385. The summed E-state index contributed by atoms with van der Waals surface area (Å²) in [6.45, 7) is 3.57. The van der Waals surface area contributed by atoms with Crippen LogP contribution in [-0.4, -0.2) is 39.7 Å². The van der Waals surface area contributed by atoms with Crippen LogP contribution in [-0.2, 0) is 0 Å². The third kappa shape index (κ3) is 3.27. The van der Waals surface area contributed by atoms with E-state index in [0.29, 0.717) is 12.4 Å². The van der Waals surface area contributed by atoms with Crippen LogP contribution in [0.25, 0.3) is 0 Å². The highest BCUT2D eigenvalue weighted by molar-refractivity contribution is 5.60. The molecule has 1 heterocycles. The first-order valence-electron chi connectivity index (χ1n) is 5.62. The fourth-order valence-corrected chi connectivity index (χ4v) is 1.38. The summed E-state index contributed by atoms with van der Waals surface area (Å²) in [5.74, 6) is 0.413. The van der Waals surface area contributed by atoms with E-state index in [9.17, 15) is 15.2 Å². The van der Waals surface area contributed by atoms with Crippen LogP contribution < -0.4 is 10.6 Å². The SMILES string of the molecule is CCC(O)CNc1nc(NC)nc(C)c1[N+](=O)[O-]. The van der Waals surface area contributed by atoms with E-state index in [-0.39, 0.29) is 23.7 Å². The summed E-state index contributed by atoms with van der Waals surface area (Å²) in [6.07, 6.45) is -0.0121. The molecule has 0 radical (unpaired) electrons. The van der Waals surface area contributed by atoms with Gasteiger partial charge in [-0.15, -0.1) is 0 Å². The summed E-state index contributed by atoms with van der Waals surface area (Å²) >= 11 is 0. The maximum absolute atomic E-state index is 11.0. The van der Waals surface area contributed by atoms with Gasteiger partial charge in [0.1, 0.15) is 5.69 Å². The van der Waals surface area contributed by atoms with Crippen LogP contribution in [0, 0.1) is 17.0 Å². The molecular formula is C10H17N5O3. The van der Waals surface area contributed by atoms with Crippen LogP contribution in [0.4, 0.5) is 17.5 Å². The second-order valence-electron chi connectivity index (χ2n) is 3.78. The molecule has 1 rings (SSSR count). The standard InChI is InChI=1S/C10H17N5O3/c1-4-7(16)5-12-9-8(15(17)18)6(2)13-10(11-3)14-9/h7,16H,4-5H2,1-3H3,(H2,11,12,13,14). The molecule has 100 valence electrons. The average Bonchev–Trinajstić information content (AvgIpc) is 2.34. The molecule has 0 amide bonds. The minimum atomic E-state index is -0.571. The quantitative estimate of drug-likeness (QED) is 0.511. The molecule has 0 aliphatic carbocycles. The number of anilines is 2. The number of hydrogen-bond acceptors (Lipinski definition) is 7. The average molecular weight is 255 g/mol. The third-order valence-electron chi connectivity index (χ3n) is 2.44. The van der Waals surface area contributed by atoms with E-state index in [1.807, 2.05) is 6.92 Å². The Labute approximate surface area is 105 Å². The van der Waals surface area contributed by atoms with E-state index in [0.717, 1.165) is 0 Å². The Hall–Kier alpha value is -1.96. The number of aliphatic hydroxyl groups excluding tert-OH is 1. The molecular weight excluding hydrogens is 238 g/mol. The van der Waals surface area contributed by atoms with Gasteiger partial charge in [-0.3, -0.25) is 10.1 Å². The normalized spacial score (nSPS) is 12.0. The van der Waals surface area contributed by atoms with E-state index in [4.69, 9.17) is 0 Å². The minimum absolute atomic E-state index is 0.115. The minimum Gasteiger partial charge on any atom is -0.391 e. The highest BCUT2D eigenvalue weighted by atomic mass is 16.6. The number of nitrogens with zero attached hydrogens (tertiary/aromatic N) is 3. The highest BCUT2D eigenvalue weighted by Gasteiger charge is 2.22. The molecule has 0 aliphatic rings. The van der Waals surface area contributed by atoms with Gasteiger partial charge in [0, 0.05) is 13.6 Å². The van der Waals surface area contributed by atoms with E-state index in [1.54, 1.807) is 14.0 Å². The lowest BCUT2D eigenvalue weighted by Gasteiger charge is -2.11. The zero-order valence-corrected chi connectivity index (χ0v) is 10.6. The predicted molar refractivity (Wildman–Crippen MR) is 67.8 cm³/mol. The Kier molecular flexibility index (Phi) is 4.78. The van der Waals surface area contributed by atoms with E-state index in [2.05, 4.69) is 20.6 Å². The summed E-state index contributed by atoms with van der Waals surface area (Å²) in [5, 5.41) is 25.9. The van der Waals surface area contributed by atoms with Crippen molar-refractivity contribution >= 4 is 17.5 Å². The molecule has 18 heavy (non-hydrogen) atoms. The smallest absolute Gasteiger partial charge is 0.332 e. The fourth-order valence-electron chi connectivity index (χ4n) is 1.38. The zero-order chi connectivity index (χ0) is 13.7. The summed E-state index contributed by atoms with van der Waals surface area (Å²) in [4.78, 5) is 18.4. The van der Waals surface area contributed by atoms with Crippen molar-refractivity contribution in [2.75, 3.05) is 24.2 Å². The molecule has 1 atom stereocenters. The van der Waals surface area contributed by atoms with Crippen molar-refractivity contribution in [2.45, 2.75) is 26.4 Å². The van der Waals surface area contributed by atoms with Gasteiger partial charge < -0.3 is 15.7 Å². The van der Waals surface area contributed by atoms with Crippen LogP contribution in [0.15, 0.2) is 0 Å². The number of hydrogen-bond donors (Lipinski definition) is 3. The second-order valence-corrected chi connectivity index (χ2v) is 3.78. The molecule has 0 spiro atoms. The van der Waals surface area contributed by atoms with Crippen LogP contribution in [0.1, 0.15) is 19.0 Å². The first-order chi connectivity index (χ1) is 8.49. The van der Waals surface area contributed by atoms with Crippen molar-refractivity contribution in [3.63, 3.8) is 0 Å². The van der Waals surface area contributed by atoms with E-state index in [1.165, 1.54) is 0 Å². The maximum Gasteiger partial charge on any atom is 0.332 e. The summed E-state index contributed by atoms with van der Waals surface area (Å²) in [7, 11) is 1.63. The largest absolute Gasteiger partial charge is 0.391 e. The molecule has 1 aromatic heterocycles. The molecule has 0 aromatic carbocycles. The monoisotopic (exact) mass is 255 g/mol. The van der Waals surface area contributed by atoms with Gasteiger partial charge in [-0.1, -0.05) is 6.92 Å². The van der Waals surface area contributed by atoms with Gasteiger partial charge >= 0.3 is 5.69 Å². The molecule has 0 aliphatic heterocycles. The van der Waals surface area contributed by atoms with Crippen LogP contribution >= 0.6 is 0 Å². The Bertz CT molecular complexity index is 438. The van der Waals surface area contributed by atoms with Gasteiger partial charge in [-0.25, -0.2) is 4.98 Å². The van der Waals surface area contributed by atoms with Crippen LogP contribution in [0.3, 0.4) is 0 Å². The van der Waals surface area contributed by atoms with Gasteiger partial charge in [0.2, 0.25) is 11.8 Å². The molecule has 0 saturated carbocycles. The topological polar surface area (TPSA) is 113 Å². The Balaban J connectivity index is 3.05. The molecule has 1 unspecified atom stereocenters. The van der Waals surface area contributed by atoms with Gasteiger partial charge in [-0.2, -0.15) is 4.98 Å².